The fourth-order valence-corrected chi connectivity index (χ4v) is 2.90. The van der Waals surface area contributed by atoms with E-state index in [-0.39, 0.29) is 17.4 Å². The number of nitrogens with two attached hydrogens (primary N) is 1. The first kappa shape index (κ1) is 14.8. The van der Waals surface area contributed by atoms with Crippen LogP contribution in [0.1, 0.15) is 19.8 Å². The van der Waals surface area contributed by atoms with E-state index < -0.39 is 0 Å². The summed E-state index contributed by atoms with van der Waals surface area (Å²) in [5.74, 6) is 1.14. The van der Waals surface area contributed by atoms with Gasteiger partial charge >= 0.3 is 0 Å². The summed E-state index contributed by atoms with van der Waals surface area (Å²) in [6, 6.07) is 0.253. The Morgan fingerprint density at radius 2 is 2.12 bits per heavy atom. The number of rotatable bonds is 5. The molecule has 1 fully saturated rings. The van der Waals surface area contributed by atoms with Gasteiger partial charge in [-0.2, -0.15) is 11.8 Å². The maximum absolute atomic E-state index is 12.5. The molecule has 1 heterocycles. The molecule has 1 unspecified atom stereocenters. The molecule has 1 saturated heterocycles. The van der Waals surface area contributed by atoms with E-state index in [9.17, 15) is 4.79 Å². The average molecular weight is 260 g/mol. The Morgan fingerprint density at radius 1 is 1.53 bits per heavy atom. The molecule has 0 aromatic heterocycles. The number of amides is 1. The summed E-state index contributed by atoms with van der Waals surface area (Å²) in [6.45, 7) is 3.80. The molecule has 1 aliphatic heterocycles. The predicted molar refractivity (Wildman–Crippen MR) is 72.2 cm³/mol. The van der Waals surface area contributed by atoms with E-state index in [1.165, 1.54) is 0 Å². The van der Waals surface area contributed by atoms with Gasteiger partial charge in [0, 0.05) is 38.6 Å². The lowest BCUT2D eigenvalue weighted by molar-refractivity contribution is -0.147. The van der Waals surface area contributed by atoms with Gasteiger partial charge in [-0.05, 0) is 26.0 Å². The Balaban J connectivity index is 2.71. The van der Waals surface area contributed by atoms with E-state index in [0.29, 0.717) is 19.8 Å². The SMILES string of the molecule is CSCC(C)N(C)C(=O)C1(CN)CCOCC1. The second-order valence-electron chi connectivity index (χ2n) is 4.82. The van der Waals surface area contributed by atoms with Crippen LogP contribution in [0.3, 0.4) is 0 Å². The molecule has 1 rings (SSSR count). The number of nitrogens with zero attached hydrogens (tertiary/aromatic N) is 1. The summed E-state index contributed by atoms with van der Waals surface area (Å²) in [7, 11) is 1.89. The minimum atomic E-state index is -0.389. The van der Waals surface area contributed by atoms with Gasteiger partial charge in [0.1, 0.15) is 0 Å². The number of ether oxygens (including phenoxy) is 1. The maximum Gasteiger partial charge on any atom is 0.230 e. The smallest absolute Gasteiger partial charge is 0.230 e. The second-order valence-corrected chi connectivity index (χ2v) is 5.73. The van der Waals surface area contributed by atoms with Gasteiger partial charge in [-0.1, -0.05) is 0 Å². The molecule has 0 spiro atoms. The Labute approximate surface area is 108 Å². The Hall–Kier alpha value is -0.260. The van der Waals surface area contributed by atoms with Crippen LogP contribution in [0.15, 0.2) is 0 Å². The van der Waals surface area contributed by atoms with Crippen LogP contribution >= 0.6 is 11.8 Å². The van der Waals surface area contributed by atoms with Crippen LogP contribution < -0.4 is 5.73 Å². The molecular weight excluding hydrogens is 236 g/mol. The van der Waals surface area contributed by atoms with E-state index in [1.807, 2.05) is 11.9 Å². The van der Waals surface area contributed by atoms with Crippen LogP contribution in [0.5, 0.6) is 0 Å². The predicted octanol–water partition coefficient (Wildman–Crippen LogP) is 0.952. The largest absolute Gasteiger partial charge is 0.381 e. The van der Waals surface area contributed by atoms with Crippen LogP contribution in [0, 0.1) is 5.41 Å². The molecule has 1 amide bonds. The Morgan fingerprint density at radius 3 is 2.59 bits per heavy atom. The molecule has 0 bridgehead atoms. The highest BCUT2D eigenvalue weighted by Crippen LogP contribution is 2.32. The second kappa shape index (κ2) is 6.61. The van der Waals surface area contributed by atoms with Gasteiger partial charge in [0.2, 0.25) is 5.91 Å². The van der Waals surface area contributed by atoms with E-state index in [1.54, 1.807) is 11.8 Å². The van der Waals surface area contributed by atoms with Crippen molar-refractivity contribution in [2.75, 3.05) is 38.8 Å². The monoisotopic (exact) mass is 260 g/mol. The minimum Gasteiger partial charge on any atom is -0.381 e. The van der Waals surface area contributed by atoms with Crippen LogP contribution in [0.4, 0.5) is 0 Å². The van der Waals surface area contributed by atoms with Gasteiger partial charge in [0.25, 0.3) is 0 Å². The molecule has 100 valence electrons. The molecule has 5 heteroatoms. The van der Waals surface area contributed by atoms with Crippen molar-refractivity contribution in [3.63, 3.8) is 0 Å². The molecule has 0 aliphatic carbocycles. The van der Waals surface area contributed by atoms with Crippen molar-refractivity contribution in [2.45, 2.75) is 25.8 Å². The quantitative estimate of drug-likeness (QED) is 0.800. The van der Waals surface area contributed by atoms with Crippen molar-refractivity contribution in [3.8, 4) is 0 Å². The van der Waals surface area contributed by atoms with Crippen LogP contribution in [0.25, 0.3) is 0 Å². The molecular formula is C12H24N2O2S. The fraction of sp³-hybridized carbons (Fsp3) is 0.917. The van der Waals surface area contributed by atoms with Gasteiger partial charge in [0.05, 0.1) is 5.41 Å². The van der Waals surface area contributed by atoms with Crippen molar-refractivity contribution in [3.05, 3.63) is 0 Å². The minimum absolute atomic E-state index is 0.185. The van der Waals surface area contributed by atoms with Crippen molar-refractivity contribution in [1.29, 1.82) is 0 Å². The highest BCUT2D eigenvalue weighted by molar-refractivity contribution is 7.98. The van der Waals surface area contributed by atoms with E-state index in [0.717, 1.165) is 18.6 Å². The Kier molecular flexibility index (Phi) is 5.76. The zero-order valence-electron chi connectivity index (χ0n) is 11.1. The molecule has 17 heavy (non-hydrogen) atoms. The van der Waals surface area contributed by atoms with Crippen molar-refractivity contribution >= 4 is 17.7 Å². The van der Waals surface area contributed by atoms with Crippen molar-refractivity contribution in [2.24, 2.45) is 11.1 Å². The summed E-state index contributed by atoms with van der Waals surface area (Å²) in [5, 5.41) is 0. The summed E-state index contributed by atoms with van der Waals surface area (Å²) in [4.78, 5) is 14.4. The summed E-state index contributed by atoms with van der Waals surface area (Å²) >= 11 is 1.76. The molecule has 0 aromatic rings. The van der Waals surface area contributed by atoms with Gasteiger partial charge in [-0.25, -0.2) is 0 Å². The van der Waals surface area contributed by atoms with Gasteiger partial charge in [-0.3, -0.25) is 4.79 Å². The number of thioether (sulfide) groups is 1. The standard InChI is InChI=1S/C12H24N2O2S/c1-10(8-17-3)14(2)11(15)12(9-13)4-6-16-7-5-12/h10H,4-9,13H2,1-3H3. The molecule has 0 radical (unpaired) electrons. The maximum atomic E-state index is 12.5. The number of hydrogen-bond donors (Lipinski definition) is 1. The first-order chi connectivity index (χ1) is 8.07. The molecule has 1 aliphatic rings. The van der Waals surface area contributed by atoms with Crippen LogP contribution in [-0.2, 0) is 9.53 Å². The lowest BCUT2D eigenvalue weighted by Crippen LogP contribution is -2.52. The molecule has 4 nitrogen and oxygen atoms in total. The highest BCUT2D eigenvalue weighted by Gasteiger charge is 2.41. The first-order valence-corrected chi connectivity index (χ1v) is 7.51. The summed E-state index contributed by atoms with van der Waals surface area (Å²) < 4.78 is 5.33. The van der Waals surface area contributed by atoms with Crippen molar-refractivity contribution < 1.29 is 9.53 Å². The number of hydrogen-bond acceptors (Lipinski definition) is 4. The van der Waals surface area contributed by atoms with Gasteiger partial charge < -0.3 is 15.4 Å². The first-order valence-electron chi connectivity index (χ1n) is 6.11. The summed E-state index contributed by atoms with van der Waals surface area (Å²) in [5.41, 5.74) is 5.45. The normalized spacial score (nSPS) is 20.9. The van der Waals surface area contributed by atoms with Gasteiger partial charge in [-0.15, -0.1) is 0 Å². The highest BCUT2D eigenvalue weighted by atomic mass is 32.2. The number of carbonyl (C=O) groups is 1. The van der Waals surface area contributed by atoms with E-state index in [4.69, 9.17) is 10.5 Å². The third-order valence-corrected chi connectivity index (χ3v) is 4.50. The van der Waals surface area contributed by atoms with Gasteiger partial charge in [0.15, 0.2) is 0 Å². The van der Waals surface area contributed by atoms with Crippen LogP contribution in [0.2, 0.25) is 0 Å². The zero-order valence-corrected chi connectivity index (χ0v) is 11.9. The average Bonchev–Trinajstić information content (AvgIpc) is 2.38. The topological polar surface area (TPSA) is 55.6 Å². The Bertz CT molecular complexity index is 255. The molecule has 0 aromatic carbocycles. The lowest BCUT2D eigenvalue weighted by atomic mass is 9.78. The number of carbonyl (C=O) groups excluding carboxylic acids is 1. The molecule has 1 atom stereocenters. The fourth-order valence-electron chi connectivity index (χ4n) is 2.19. The van der Waals surface area contributed by atoms with Crippen LogP contribution in [-0.4, -0.2) is 55.7 Å². The third kappa shape index (κ3) is 3.36. The molecule has 0 saturated carbocycles. The van der Waals surface area contributed by atoms with E-state index >= 15 is 0 Å². The summed E-state index contributed by atoms with van der Waals surface area (Å²) in [6.07, 6.45) is 3.55. The third-order valence-electron chi connectivity index (χ3n) is 3.68. The van der Waals surface area contributed by atoms with E-state index in [2.05, 4.69) is 13.2 Å². The zero-order chi connectivity index (χ0) is 12.9. The lowest BCUT2D eigenvalue weighted by Gasteiger charge is -2.39. The molecule has 2 N–H and O–H groups in total. The van der Waals surface area contributed by atoms with Crippen molar-refractivity contribution in [1.82, 2.24) is 4.90 Å².